The highest BCUT2D eigenvalue weighted by Crippen LogP contribution is 2.32. The number of hydrogen-bond acceptors (Lipinski definition) is 6. The molecule has 9 nitrogen and oxygen atoms in total. The quantitative estimate of drug-likeness (QED) is 0.540. The highest BCUT2D eigenvalue weighted by molar-refractivity contribution is 5.92. The number of urea groups is 1. The molecule has 3 N–H and O–H groups in total. The van der Waals surface area contributed by atoms with Gasteiger partial charge in [0.25, 0.3) is 0 Å². The first-order valence-electron chi connectivity index (χ1n) is 9.16. The molecule has 30 heavy (non-hydrogen) atoms. The molecule has 3 amide bonds. The van der Waals surface area contributed by atoms with Crippen LogP contribution in [0.2, 0.25) is 0 Å². The topological polar surface area (TPSA) is 111 Å². The molecule has 0 spiro atoms. The summed E-state index contributed by atoms with van der Waals surface area (Å²) in [5.41, 5.74) is 5.39. The van der Waals surface area contributed by atoms with E-state index in [9.17, 15) is 9.59 Å². The minimum absolute atomic E-state index is 0.0535. The van der Waals surface area contributed by atoms with Crippen LogP contribution in [0, 0.1) is 0 Å². The van der Waals surface area contributed by atoms with Crippen molar-refractivity contribution in [2.45, 2.75) is 13.2 Å². The number of benzene rings is 2. The molecule has 0 unspecified atom stereocenters. The van der Waals surface area contributed by atoms with Crippen LogP contribution in [0.1, 0.15) is 21.9 Å². The van der Waals surface area contributed by atoms with Crippen LogP contribution in [0.4, 0.5) is 4.79 Å². The molecule has 9 heteroatoms. The van der Waals surface area contributed by atoms with Crippen LogP contribution in [-0.2, 0) is 13.2 Å². The molecule has 0 saturated carbocycles. The van der Waals surface area contributed by atoms with E-state index in [1.807, 2.05) is 36.4 Å². The third-order valence-corrected chi connectivity index (χ3v) is 4.19. The molecule has 0 aliphatic carbocycles. The molecule has 2 heterocycles. The van der Waals surface area contributed by atoms with Gasteiger partial charge in [0.05, 0.1) is 0 Å². The summed E-state index contributed by atoms with van der Waals surface area (Å²) in [5, 5.41) is 2.63. The van der Waals surface area contributed by atoms with E-state index in [4.69, 9.17) is 18.6 Å². The SMILES string of the molecule is O=C(NCc1ccc2c(c1)OCO2)NNC(=O)c1ccc(COc2ccccc2)o1. The molecular formula is C21H19N3O6. The Labute approximate surface area is 171 Å². The Kier molecular flexibility index (Phi) is 5.70. The Morgan fingerprint density at radius 3 is 2.63 bits per heavy atom. The molecule has 0 fully saturated rings. The monoisotopic (exact) mass is 409 g/mol. The van der Waals surface area contributed by atoms with Crippen molar-refractivity contribution >= 4 is 11.9 Å². The molecule has 154 valence electrons. The van der Waals surface area contributed by atoms with Gasteiger partial charge in [-0.3, -0.25) is 10.2 Å². The van der Waals surface area contributed by atoms with Crippen LogP contribution in [0.5, 0.6) is 17.2 Å². The van der Waals surface area contributed by atoms with Crippen LogP contribution < -0.4 is 30.4 Å². The van der Waals surface area contributed by atoms with Crippen LogP contribution in [0.25, 0.3) is 0 Å². The second-order valence-corrected chi connectivity index (χ2v) is 6.32. The summed E-state index contributed by atoms with van der Waals surface area (Å²) in [6.07, 6.45) is 0. The number of furan rings is 1. The van der Waals surface area contributed by atoms with Gasteiger partial charge < -0.3 is 23.9 Å². The van der Waals surface area contributed by atoms with Crippen LogP contribution in [0.3, 0.4) is 0 Å². The van der Waals surface area contributed by atoms with Crippen molar-refractivity contribution in [2.24, 2.45) is 0 Å². The van der Waals surface area contributed by atoms with E-state index in [2.05, 4.69) is 16.2 Å². The summed E-state index contributed by atoms with van der Waals surface area (Å²) >= 11 is 0. The van der Waals surface area contributed by atoms with Crippen LogP contribution in [-0.4, -0.2) is 18.7 Å². The highest BCUT2D eigenvalue weighted by Gasteiger charge is 2.14. The number of nitrogens with one attached hydrogen (secondary N) is 3. The van der Waals surface area contributed by atoms with E-state index in [-0.39, 0.29) is 25.7 Å². The predicted octanol–water partition coefficient (Wildman–Crippen LogP) is 2.73. The fourth-order valence-electron chi connectivity index (χ4n) is 2.70. The number of carbonyl (C=O) groups excluding carboxylic acids is 2. The molecule has 1 aliphatic rings. The van der Waals surface area contributed by atoms with Crippen molar-refractivity contribution in [1.29, 1.82) is 0 Å². The van der Waals surface area contributed by atoms with Gasteiger partial charge in [-0.1, -0.05) is 24.3 Å². The average Bonchev–Trinajstić information content (AvgIpc) is 3.44. The first-order chi connectivity index (χ1) is 14.7. The lowest BCUT2D eigenvalue weighted by molar-refractivity contribution is 0.0904. The number of para-hydroxylation sites is 1. The van der Waals surface area contributed by atoms with Gasteiger partial charge in [0.15, 0.2) is 17.3 Å². The van der Waals surface area contributed by atoms with Crippen LogP contribution >= 0.6 is 0 Å². The lowest BCUT2D eigenvalue weighted by Crippen LogP contribution is -2.46. The summed E-state index contributed by atoms with van der Waals surface area (Å²) in [6, 6.07) is 17.2. The van der Waals surface area contributed by atoms with Gasteiger partial charge in [0.2, 0.25) is 6.79 Å². The molecule has 4 rings (SSSR count). The summed E-state index contributed by atoms with van der Waals surface area (Å²) in [7, 11) is 0. The third kappa shape index (κ3) is 4.82. The molecule has 0 saturated heterocycles. The van der Waals surface area contributed by atoms with E-state index in [1.165, 1.54) is 6.07 Å². The van der Waals surface area contributed by atoms with E-state index >= 15 is 0 Å². The van der Waals surface area contributed by atoms with Gasteiger partial charge in [-0.25, -0.2) is 10.2 Å². The Bertz CT molecular complexity index is 1030. The van der Waals surface area contributed by atoms with E-state index in [0.29, 0.717) is 23.0 Å². The number of rotatable bonds is 6. The largest absolute Gasteiger partial charge is 0.486 e. The van der Waals surface area contributed by atoms with E-state index in [0.717, 1.165) is 5.56 Å². The second-order valence-electron chi connectivity index (χ2n) is 6.32. The molecule has 1 aromatic heterocycles. The van der Waals surface area contributed by atoms with Gasteiger partial charge >= 0.3 is 11.9 Å². The van der Waals surface area contributed by atoms with Gasteiger partial charge in [0, 0.05) is 6.54 Å². The lowest BCUT2D eigenvalue weighted by Gasteiger charge is -2.08. The first kappa shape index (κ1) is 19.2. The van der Waals surface area contributed by atoms with Crippen molar-refractivity contribution in [3.8, 4) is 17.2 Å². The minimum Gasteiger partial charge on any atom is -0.486 e. The fraction of sp³-hybridized carbons (Fsp3) is 0.143. The maximum Gasteiger partial charge on any atom is 0.333 e. The molecule has 2 aromatic carbocycles. The van der Waals surface area contributed by atoms with Gasteiger partial charge in [-0.2, -0.15) is 0 Å². The maximum absolute atomic E-state index is 12.1. The fourth-order valence-corrected chi connectivity index (χ4v) is 2.70. The zero-order chi connectivity index (χ0) is 20.8. The van der Waals surface area contributed by atoms with Crippen molar-refractivity contribution in [1.82, 2.24) is 16.2 Å². The molecule has 0 bridgehead atoms. The van der Waals surface area contributed by atoms with Crippen molar-refractivity contribution in [2.75, 3.05) is 6.79 Å². The second kappa shape index (κ2) is 8.91. The Balaban J connectivity index is 1.20. The number of ether oxygens (including phenoxy) is 3. The summed E-state index contributed by atoms with van der Waals surface area (Å²) < 4.78 is 21.5. The zero-order valence-electron chi connectivity index (χ0n) is 15.8. The number of carbonyl (C=O) groups is 2. The van der Waals surface area contributed by atoms with Crippen molar-refractivity contribution in [3.05, 3.63) is 77.7 Å². The molecule has 1 aliphatic heterocycles. The zero-order valence-corrected chi connectivity index (χ0v) is 15.8. The molecular weight excluding hydrogens is 390 g/mol. The van der Waals surface area contributed by atoms with E-state index in [1.54, 1.807) is 18.2 Å². The standard InChI is InChI=1S/C21H19N3O6/c25-20(18-9-7-16(30-18)12-27-15-4-2-1-3-5-15)23-24-21(26)22-11-14-6-8-17-19(10-14)29-13-28-17/h1-10H,11-13H2,(H,23,25)(H2,22,24,26). The Hall–Kier alpha value is -4.14. The Morgan fingerprint density at radius 2 is 1.77 bits per heavy atom. The van der Waals surface area contributed by atoms with Gasteiger partial charge in [-0.15, -0.1) is 0 Å². The smallest absolute Gasteiger partial charge is 0.333 e. The third-order valence-electron chi connectivity index (χ3n) is 4.19. The Morgan fingerprint density at radius 1 is 0.933 bits per heavy atom. The first-order valence-corrected chi connectivity index (χ1v) is 9.16. The number of fused-ring (bicyclic) bond motifs is 1. The number of hydrazine groups is 1. The number of hydrogen-bond donors (Lipinski definition) is 3. The molecule has 0 atom stereocenters. The van der Waals surface area contributed by atoms with Crippen LogP contribution in [0.15, 0.2) is 65.1 Å². The summed E-state index contributed by atoms with van der Waals surface area (Å²) in [6.45, 7) is 0.617. The molecule has 3 aromatic rings. The summed E-state index contributed by atoms with van der Waals surface area (Å²) in [4.78, 5) is 24.0. The highest BCUT2D eigenvalue weighted by atomic mass is 16.7. The minimum atomic E-state index is -0.584. The average molecular weight is 409 g/mol. The lowest BCUT2D eigenvalue weighted by atomic mass is 10.2. The molecule has 0 radical (unpaired) electrons. The maximum atomic E-state index is 12.1. The normalized spacial score (nSPS) is 11.6. The van der Waals surface area contributed by atoms with Crippen molar-refractivity contribution < 1.29 is 28.2 Å². The number of amides is 3. The van der Waals surface area contributed by atoms with E-state index < -0.39 is 11.9 Å². The summed E-state index contributed by atoms with van der Waals surface area (Å²) in [5.74, 6) is 1.95. The predicted molar refractivity (Wildman–Crippen MR) is 105 cm³/mol. The van der Waals surface area contributed by atoms with Gasteiger partial charge in [-0.05, 0) is 42.0 Å². The van der Waals surface area contributed by atoms with Gasteiger partial charge in [0.1, 0.15) is 18.1 Å². The van der Waals surface area contributed by atoms with Crippen molar-refractivity contribution in [3.63, 3.8) is 0 Å².